The smallest absolute Gasteiger partial charge is 0.224 e. The van der Waals surface area contributed by atoms with Crippen LogP contribution in [-0.2, 0) is 4.79 Å². The van der Waals surface area contributed by atoms with E-state index < -0.39 is 0 Å². The number of anilines is 2. The minimum absolute atomic E-state index is 0.0476. The van der Waals surface area contributed by atoms with E-state index in [0.717, 1.165) is 24.3 Å². The van der Waals surface area contributed by atoms with Crippen LogP contribution in [0.5, 0.6) is 0 Å². The second-order valence-corrected chi connectivity index (χ2v) is 5.35. The Hall–Kier alpha value is -1.55. The number of likely N-dealkylation sites (N-methyl/N-ethyl adjacent to an activating group) is 1. The Labute approximate surface area is 115 Å². The van der Waals surface area contributed by atoms with Crippen molar-refractivity contribution in [1.82, 2.24) is 4.90 Å². The lowest BCUT2D eigenvalue weighted by atomic mass is 10.2. The lowest BCUT2D eigenvalue weighted by Crippen LogP contribution is -2.24. The molecule has 2 unspecified atom stereocenters. The van der Waals surface area contributed by atoms with Gasteiger partial charge in [-0.1, -0.05) is 13.0 Å². The number of nitrogens with zero attached hydrogens (tertiary/aromatic N) is 1. The summed E-state index contributed by atoms with van der Waals surface area (Å²) in [5.41, 5.74) is 1.93. The average molecular weight is 261 g/mol. The summed E-state index contributed by atoms with van der Waals surface area (Å²) in [5, 5.41) is 6.43. The molecule has 1 heterocycles. The highest BCUT2D eigenvalue weighted by molar-refractivity contribution is 5.90. The van der Waals surface area contributed by atoms with Gasteiger partial charge in [0.2, 0.25) is 5.91 Å². The zero-order valence-corrected chi connectivity index (χ0v) is 11.9. The van der Waals surface area contributed by atoms with Gasteiger partial charge in [0.15, 0.2) is 0 Å². The van der Waals surface area contributed by atoms with Gasteiger partial charge in [-0.05, 0) is 38.6 Å². The van der Waals surface area contributed by atoms with Gasteiger partial charge < -0.3 is 15.5 Å². The van der Waals surface area contributed by atoms with Crippen LogP contribution in [0.15, 0.2) is 24.3 Å². The third-order valence-corrected chi connectivity index (χ3v) is 3.72. The topological polar surface area (TPSA) is 44.4 Å². The Morgan fingerprint density at radius 1 is 1.42 bits per heavy atom. The summed E-state index contributed by atoms with van der Waals surface area (Å²) in [6.07, 6.45) is 1.66. The highest BCUT2D eigenvalue weighted by Crippen LogP contribution is 2.21. The maximum atomic E-state index is 11.4. The summed E-state index contributed by atoms with van der Waals surface area (Å²) >= 11 is 0. The first-order valence-corrected chi connectivity index (χ1v) is 6.95. The minimum Gasteiger partial charge on any atom is -0.381 e. The number of rotatable bonds is 4. The first-order chi connectivity index (χ1) is 9.08. The van der Waals surface area contributed by atoms with E-state index in [1.165, 1.54) is 0 Å². The van der Waals surface area contributed by atoms with Crippen LogP contribution in [0.25, 0.3) is 0 Å². The van der Waals surface area contributed by atoms with Crippen molar-refractivity contribution < 1.29 is 4.79 Å². The number of carbonyl (C=O) groups is 1. The number of amides is 1. The summed E-state index contributed by atoms with van der Waals surface area (Å²) in [5.74, 6) is 0.0476. The number of hydrogen-bond donors (Lipinski definition) is 2. The predicted molar refractivity (Wildman–Crippen MR) is 79.5 cm³/mol. The third kappa shape index (κ3) is 3.70. The van der Waals surface area contributed by atoms with Gasteiger partial charge in [-0.25, -0.2) is 0 Å². The maximum absolute atomic E-state index is 11.4. The van der Waals surface area contributed by atoms with Gasteiger partial charge in [0, 0.05) is 36.4 Å². The van der Waals surface area contributed by atoms with Crippen LogP contribution in [0.3, 0.4) is 0 Å². The van der Waals surface area contributed by atoms with Gasteiger partial charge in [-0.2, -0.15) is 0 Å². The molecule has 1 aromatic carbocycles. The van der Waals surface area contributed by atoms with Crippen molar-refractivity contribution in [2.24, 2.45) is 0 Å². The molecule has 1 amide bonds. The fraction of sp³-hybridized carbons (Fsp3) is 0.533. The largest absolute Gasteiger partial charge is 0.381 e. The Kier molecular flexibility index (Phi) is 4.43. The van der Waals surface area contributed by atoms with Crippen molar-refractivity contribution in [3.05, 3.63) is 24.3 Å². The lowest BCUT2D eigenvalue weighted by Gasteiger charge is -2.15. The Balaban J connectivity index is 1.97. The fourth-order valence-corrected chi connectivity index (χ4v) is 2.47. The van der Waals surface area contributed by atoms with Gasteiger partial charge in [0.1, 0.15) is 0 Å². The molecule has 2 N–H and O–H groups in total. The summed E-state index contributed by atoms with van der Waals surface area (Å²) in [6.45, 7) is 5.17. The van der Waals surface area contributed by atoms with Crippen molar-refractivity contribution in [3.63, 3.8) is 0 Å². The van der Waals surface area contributed by atoms with Crippen LogP contribution in [0.2, 0.25) is 0 Å². The van der Waals surface area contributed by atoms with Gasteiger partial charge in [0.25, 0.3) is 0 Å². The molecule has 2 rings (SSSR count). The molecule has 0 bridgehead atoms. The van der Waals surface area contributed by atoms with E-state index in [4.69, 9.17) is 0 Å². The molecule has 0 radical (unpaired) electrons. The number of benzene rings is 1. The second-order valence-electron chi connectivity index (χ2n) is 5.35. The number of hydrogen-bond acceptors (Lipinski definition) is 3. The molecule has 0 saturated carbocycles. The molecule has 1 aliphatic heterocycles. The summed E-state index contributed by atoms with van der Waals surface area (Å²) in [7, 11) is 2.16. The molecule has 1 aliphatic rings. The molecule has 0 aliphatic carbocycles. The third-order valence-electron chi connectivity index (χ3n) is 3.72. The molecule has 19 heavy (non-hydrogen) atoms. The SMILES string of the molecule is CCC(=O)Nc1cccc(NC2CC(C)N(C)C2)c1. The van der Waals surface area contributed by atoms with Gasteiger partial charge in [0.05, 0.1) is 0 Å². The Bertz CT molecular complexity index is 437. The molecular formula is C15H23N3O. The van der Waals surface area contributed by atoms with Crippen molar-refractivity contribution in [2.45, 2.75) is 38.8 Å². The van der Waals surface area contributed by atoms with E-state index in [2.05, 4.69) is 29.5 Å². The Morgan fingerprint density at radius 2 is 2.16 bits per heavy atom. The van der Waals surface area contributed by atoms with E-state index in [-0.39, 0.29) is 5.91 Å². The van der Waals surface area contributed by atoms with E-state index >= 15 is 0 Å². The molecule has 104 valence electrons. The van der Waals surface area contributed by atoms with Crippen molar-refractivity contribution in [1.29, 1.82) is 0 Å². The number of nitrogens with one attached hydrogen (secondary N) is 2. The van der Waals surface area contributed by atoms with E-state index in [1.54, 1.807) is 0 Å². The lowest BCUT2D eigenvalue weighted by molar-refractivity contribution is -0.115. The molecule has 0 spiro atoms. The Morgan fingerprint density at radius 3 is 2.79 bits per heavy atom. The van der Waals surface area contributed by atoms with Gasteiger partial charge >= 0.3 is 0 Å². The second kappa shape index (κ2) is 6.06. The summed E-state index contributed by atoms with van der Waals surface area (Å²) < 4.78 is 0. The van der Waals surface area contributed by atoms with Crippen LogP contribution >= 0.6 is 0 Å². The van der Waals surface area contributed by atoms with Crippen LogP contribution in [0.1, 0.15) is 26.7 Å². The minimum atomic E-state index is 0.0476. The quantitative estimate of drug-likeness (QED) is 0.875. The molecule has 1 saturated heterocycles. The average Bonchev–Trinajstić information content (AvgIpc) is 2.68. The molecule has 0 aromatic heterocycles. The number of carbonyl (C=O) groups excluding carboxylic acids is 1. The monoisotopic (exact) mass is 261 g/mol. The predicted octanol–water partition coefficient (Wildman–Crippen LogP) is 2.54. The zero-order chi connectivity index (χ0) is 13.8. The van der Waals surface area contributed by atoms with Crippen LogP contribution < -0.4 is 10.6 Å². The summed E-state index contributed by atoms with van der Waals surface area (Å²) in [6, 6.07) is 9.04. The molecule has 2 atom stereocenters. The molecule has 4 nitrogen and oxygen atoms in total. The summed E-state index contributed by atoms with van der Waals surface area (Å²) in [4.78, 5) is 13.7. The zero-order valence-electron chi connectivity index (χ0n) is 11.9. The van der Waals surface area contributed by atoms with E-state index in [9.17, 15) is 4.79 Å². The van der Waals surface area contributed by atoms with Crippen molar-refractivity contribution in [2.75, 3.05) is 24.2 Å². The molecule has 4 heteroatoms. The first kappa shape index (κ1) is 13.9. The normalized spacial score (nSPS) is 23.3. The van der Waals surface area contributed by atoms with E-state index in [0.29, 0.717) is 18.5 Å². The molecule has 1 aromatic rings. The van der Waals surface area contributed by atoms with Crippen molar-refractivity contribution >= 4 is 17.3 Å². The van der Waals surface area contributed by atoms with Crippen LogP contribution in [0, 0.1) is 0 Å². The van der Waals surface area contributed by atoms with Crippen LogP contribution in [-0.4, -0.2) is 36.5 Å². The molecule has 1 fully saturated rings. The molecular weight excluding hydrogens is 238 g/mol. The maximum Gasteiger partial charge on any atom is 0.224 e. The fourth-order valence-electron chi connectivity index (χ4n) is 2.47. The standard InChI is InChI=1S/C15H23N3O/c1-4-15(19)17-13-7-5-6-12(9-13)16-14-8-11(2)18(3)10-14/h5-7,9,11,14,16H,4,8,10H2,1-3H3,(H,17,19). The van der Waals surface area contributed by atoms with E-state index in [1.807, 2.05) is 31.2 Å². The highest BCUT2D eigenvalue weighted by Gasteiger charge is 2.25. The van der Waals surface area contributed by atoms with Crippen LogP contribution in [0.4, 0.5) is 11.4 Å². The highest BCUT2D eigenvalue weighted by atomic mass is 16.1. The number of likely N-dealkylation sites (tertiary alicyclic amines) is 1. The van der Waals surface area contributed by atoms with Gasteiger partial charge in [-0.15, -0.1) is 0 Å². The van der Waals surface area contributed by atoms with Crippen molar-refractivity contribution in [3.8, 4) is 0 Å². The van der Waals surface area contributed by atoms with Gasteiger partial charge in [-0.3, -0.25) is 4.79 Å². The first-order valence-electron chi connectivity index (χ1n) is 6.95.